The van der Waals surface area contributed by atoms with Crippen molar-refractivity contribution in [2.24, 2.45) is 0 Å². The normalized spacial score (nSPS) is 10.7. The van der Waals surface area contributed by atoms with Gasteiger partial charge in [0.1, 0.15) is 24.0 Å². The van der Waals surface area contributed by atoms with Crippen LogP contribution in [0, 0.1) is 11.6 Å². The van der Waals surface area contributed by atoms with Gasteiger partial charge in [0.15, 0.2) is 0 Å². The summed E-state index contributed by atoms with van der Waals surface area (Å²) in [6.07, 6.45) is 1.93. The highest BCUT2D eigenvalue weighted by molar-refractivity contribution is 5.67. The average Bonchev–Trinajstić information content (AvgIpc) is 2.52. The molecule has 4 nitrogen and oxygen atoms in total. The summed E-state index contributed by atoms with van der Waals surface area (Å²) >= 11 is 0. The number of rotatable bonds is 5. The first-order valence-electron chi connectivity index (χ1n) is 6.85. The molecule has 0 heterocycles. The molecule has 2 aromatic rings. The first-order valence-corrected chi connectivity index (χ1v) is 6.85. The second kappa shape index (κ2) is 7.93. The minimum atomic E-state index is -0.884. The number of alkyl carbamates (subject to hydrolysis) is 1. The van der Waals surface area contributed by atoms with E-state index in [9.17, 15) is 13.6 Å². The number of hydrogen-bond acceptors (Lipinski definition) is 3. The largest absolute Gasteiger partial charge is 0.508 e. The summed E-state index contributed by atoms with van der Waals surface area (Å²) in [7, 11) is 0. The zero-order valence-corrected chi connectivity index (χ0v) is 12.1. The van der Waals surface area contributed by atoms with Crippen molar-refractivity contribution in [3.63, 3.8) is 0 Å². The molecule has 0 aliphatic carbocycles. The van der Waals surface area contributed by atoms with Crippen LogP contribution in [0.2, 0.25) is 0 Å². The lowest BCUT2D eigenvalue weighted by atomic mass is 10.1. The zero-order chi connectivity index (χ0) is 16.7. The fraction of sp³-hybridized carbons (Fsp3) is 0.118. The van der Waals surface area contributed by atoms with Crippen LogP contribution in [0.25, 0.3) is 6.08 Å². The Morgan fingerprint density at radius 1 is 1.17 bits per heavy atom. The maximum Gasteiger partial charge on any atom is 0.407 e. The van der Waals surface area contributed by atoms with E-state index in [1.807, 2.05) is 30.3 Å². The van der Waals surface area contributed by atoms with Crippen LogP contribution in [0.4, 0.5) is 13.6 Å². The lowest BCUT2D eigenvalue weighted by Gasteiger charge is -2.05. The quantitative estimate of drug-likeness (QED) is 0.885. The van der Waals surface area contributed by atoms with Crippen molar-refractivity contribution in [3.05, 3.63) is 71.3 Å². The summed E-state index contributed by atoms with van der Waals surface area (Å²) in [6.45, 7) is 0.186. The smallest absolute Gasteiger partial charge is 0.407 e. The van der Waals surface area contributed by atoms with Crippen LogP contribution in [0.15, 0.2) is 48.5 Å². The van der Waals surface area contributed by atoms with E-state index in [1.54, 1.807) is 0 Å². The predicted octanol–water partition coefficient (Wildman–Crippen LogP) is 3.61. The lowest BCUT2D eigenvalue weighted by molar-refractivity contribution is 0.141. The molecule has 23 heavy (non-hydrogen) atoms. The van der Waals surface area contributed by atoms with Gasteiger partial charge < -0.3 is 15.2 Å². The molecule has 0 unspecified atom stereocenters. The monoisotopic (exact) mass is 319 g/mol. The van der Waals surface area contributed by atoms with Gasteiger partial charge in [0.05, 0.1) is 0 Å². The predicted molar refractivity (Wildman–Crippen MR) is 81.7 cm³/mol. The van der Waals surface area contributed by atoms with Gasteiger partial charge >= 0.3 is 6.09 Å². The molecule has 0 atom stereocenters. The third-order valence-corrected chi connectivity index (χ3v) is 2.93. The third-order valence-electron chi connectivity index (χ3n) is 2.93. The van der Waals surface area contributed by atoms with Crippen LogP contribution in [0.1, 0.15) is 11.1 Å². The van der Waals surface area contributed by atoms with E-state index < -0.39 is 23.5 Å². The summed E-state index contributed by atoms with van der Waals surface area (Å²) in [5, 5.41) is 11.5. The maximum atomic E-state index is 13.4. The number of carbonyl (C=O) groups excluding carboxylic acids is 1. The SMILES string of the molecule is O=C(NCC=Cc1c(F)cc(O)cc1F)OCc1ccccc1. The Kier molecular flexibility index (Phi) is 5.68. The van der Waals surface area contributed by atoms with E-state index in [0.717, 1.165) is 17.7 Å². The number of benzene rings is 2. The highest BCUT2D eigenvalue weighted by atomic mass is 19.1. The van der Waals surface area contributed by atoms with E-state index >= 15 is 0 Å². The van der Waals surface area contributed by atoms with Crippen LogP contribution >= 0.6 is 0 Å². The summed E-state index contributed by atoms with van der Waals surface area (Å²) in [6, 6.07) is 10.8. The van der Waals surface area contributed by atoms with E-state index in [4.69, 9.17) is 9.84 Å². The molecule has 0 aliphatic heterocycles. The highest BCUT2D eigenvalue weighted by Crippen LogP contribution is 2.20. The Morgan fingerprint density at radius 2 is 1.83 bits per heavy atom. The molecular formula is C17H15F2NO3. The first-order chi connectivity index (χ1) is 11.1. The van der Waals surface area contributed by atoms with Crippen molar-refractivity contribution >= 4 is 12.2 Å². The topological polar surface area (TPSA) is 58.6 Å². The second-order valence-electron chi connectivity index (χ2n) is 4.67. The Bertz CT molecular complexity index is 679. The molecule has 0 saturated heterocycles. The Morgan fingerprint density at radius 3 is 2.48 bits per heavy atom. The molecule has 2 aromatic carbocycles. The number of phenolic OH excluding ortho intramolecular Hbond substituents is 1. The lowest BCUT2D eigenvalue weighted by Crippen LogP contribution is -2.24. The summed E-state index contributed by atoms with van der Waals surface area (Å²) in [4.78, 5) is 11.5. The van der Waals surface area contributed by atoms with Gasteiger partial charge in [-0.25, -0.2) is 13.6 Å². The summed E-state index contributed by atoms with van der Waals surface area (Å²) in [5.41, 5.74) is 0.564. The molecule has 120 valence electrons. The van der Waals surface area contributed by atoms with Crippen LogP contribution in [0.3, 0.4) is 0 Å². The van der Waals surface area contributed by atoms with Crippen molar-refractivity contribution in [2.75, 3.05) is 6.54 Å². The fourth-order valence-corrected chi connectivity index (χ4v) is 1.82. The standard InChI is InChI=1S/C17H15F2NO3/c18-15-9-13(21)10-16(19)14(15)7-4-8-20-17(22)23-11-12-5-2-1-3-6-12/h1-7,9-10,21H,8,11H2,(H,20,22). The molecular weight excluding hydrogens is 304 g/mol. The van der Waals surface area contributed by atoms with Gasteiger partial charge in [0, 0.05) is 24.2 Å². The third kappa shape index (κ3) is 5.10. The first kappa shape index (κ1) is 16.5. The molecule has 6 heteroatoms. The second-order valence-corrected chi connectivity index (χ2v) is 4.67. The van der Waals surface area contributed by atoms with Crippen molar-refractivity contribution in [1.82, 2.24) is 5.32 Å². The van der Waals surface area contributed by atoms with E-state index in [-0.39, 0.29) is 18.7 Å². The van der Waals surface area contributed by atoms with Crippen molar-refractivity contribution in [1.29, 1.82) is 0 Å². The van der Waals surface area contributed by atoms with Gasteiger partial charge in [0.2, 0.25) is 0 Å². The number of phenols is 1. The number of nitrogens with one attached hydrogen (secondary N) is 1. The van der Waals surface area contributed by atoms with Crippen LogP contribution in [-0.4, -0.2) is 17.7 Å². The Labute approximate surface area is 132 Å². The molecule has 0 aromatic heterocycles. The Balaban J connectivity index is 1.79. The molecule has 2 rings (SSSR count). The van der Waals surface area contributed by atoms with Crippen molar-refractivity contribution < 1.29 is 23.4 Å². The highest BCUT2D eigenvalue weighted by Gasteiger charge is 2.08. The van der Waals surface area contributed by atoms with Crippen LogP contribution < -0.4 is 5.32 Å². The van der Waals surface area contributed by atoms with Gasteiger partial charge in [0.25, 0.3) is 0 Å². The molecule has 0 radical (unpaired) electrons. The fourth-order valence-electron chi connectivity index (χ4n) is 1.82. The van der Waals surface area contributed by atoms with E-state index in [2.05, 4.69) is 5.32 Å². The van der Waals surface area contributed by atoms with E-state index in [1.165, 1.54) is 12.2 Å². The molecule has 1 amide bonds. The van der Waals surface area contributed by atoms with Gasteiger partial charge in [-0.15, -0.1) is 0 Å². The minimum Gasteiger partial charge on any atom is -0.508 e. The molecule has 0 bridgehead atoms. The number of aromatic hydroxyl groups is 1. The van der Waals surface area contributed by atoms with Gasteiger partial charge in [-0.1, -0.05) is 42.5 Å². The number of hydrogen-bond donors (Lipinski definition) is 2. The summed E-state index contributed by atoms with van der Waals surface area (Å²) in [5.74, 6) is -2.25. The van der Waals surface area contributed by atoms with Crippen molar-refractivity contribution in [3.8, 4) is 5.75 Å². The van der Waals surface area contributed by atoms with E-state index in [0.29, 0.717) is 0 Å². The van der Waals surface area contributed by atoms with Gasteiger partial charge in [-0.2, -0.15) is 0 Å². The molecule has 0 aliphatic rings. The van der Waals surface area contributed by atoms with Gasteiger partial charge in [-0.05, 0) is 5.56 Å². The average molecular weight is 319 g/mol. The zero-order valence-electron chi connectivity index (χ0n) is 12.1. The van der Waals surface area contributed by atoms with Crippen LogP contribution in [-0.2, 0) is 11.3 Å². The Hall–Kier alpha value is -2.89. The summed E-state index contributed by atoms with van der Waals surface area (Å²) < 4.78 is 31.9. The number of halogens is 2. The van der Waals surface area contributed by atoms with Gasteiger partial charge in [-0.3, -0.25) is 0 Å². The molecule has 0 spiro atoms. The molecule has 2 N–H and O–H groups in total. The molecule has 0 saturated carbocycles. The number of ether oxygens (including phenoxy) is 1. The number of amides is 1. The van der Waals surface area contributed by atoms with Crippen LogP contribution in [0.5, 0.6) is 5.75 Å². The maximum absolute atomic E-state index is 13.4. The minimum absolute atomic E-state index is 0.0490. The number of carbonyl (C=O) groups is 1. The van der Waals surface area contributed by atoms with Crippen molar-refractivity contribution in [2.45, 2.75) is 6.61 Å². The molecule has 0 fully saturated rings.